The zero-order chi connectivity index (χ0) is 12.1. The Kier molecular flexibility index (Phi) is 4.62. The molecule has 1 amide bonds. The highest BCUT2D eigenvalue weighted by molar-refractivity contribution is 6.33. The topological polar surface area (TPSA) is 29.5 Å². The largest absolute Gasteiger partial charge is 0.497 e. The molecule has 1 rings (SSSR count). The number of carbonyl (C=O) groups is 1. The van der Waals surface area contributed by atoms with E-state index in [2.05, 4.69) is 0 Å². The van der Waals surface area contributed by atoms with Crippen molar-refractivity contribution in [3.63, 3.8) is 0 Å². The van der Waals surface area contributed by atoms with Crippen LogP contribution in [0.3, 0.4) is 0 Å². The minimum atomic E-state index is -0.0612. The van der Waals surface area contributed by atoms with E-state index in [1.807, 2.05) is 13.8 Å². The highest BCUT2D eigenvalue weighted by atomic mass is 35.5. The van der Waals surface area contributed by atoms with Gasteiger partial charge in [-0.1, -0.05) is 11.6 Å². The summed E-state index contributed by atoms with van der Waals surface area (Å²) in [6.07, 6.45) is 0. The molecule has 0 atom stereocenters. The number of rotatable bonds is 4. The third-order valence-electron chi connectivity index (χ3n) is 2.45. The van der Waals surface area contributed by atoms with Crippen LogP contribution in [-0.2, 0) is 0 Å². The Morgan fingerprint density at radius 2 is 2.00 bits per heavy atom. The summed E-state index contributed by atoms with van der Waals surface area (Å²) in [4.78, 5) is 13.8. The SMILES string of the molecule is CCN(CC)C(=O)c1cc(OC)ccc1Cl. The van der Waals surface area contributed by atoms with Crippen molar-refractivity contribution in [2.24, 2.45) is 0 Å². The first kappa shape index (κ1) is 12.8. The van der Waals surface area contributed by atoms with E-state index < -0.39 is 0 Å². The Morgan fingerprint density at radius 1 is 1.38 bits per heavy atom. The van der Waals surface area contributed by atoms with E-state index in [1.165, 1.54) is 0 Å². The van der Waals surface area contributed by atoms with Crippen molar-refractivity contribution >= 4 is 17.5 Å². The van der Waals surface area contributed by atoms with Crippen LogP contribution in [-0.4, -0.2) is 31.0 Å². The molecular formula is C12H16ClNO2. The van der Waals surface area contributed by atoms with Crippen LogP contribution in [0.25, 0.3) is 0 Å². The number of methoxy groups -OCH3 is 1. The number of amides is 1. The van der Waals surface area contributed by atoms with Crippen LogP contribution in [0.15, 0.2) is 18.2 Å². The van der Waals surface area contributed by atoms with Gasteiger partial charge in [0, 0.05) is 13.1 Å². The van der Waals surface area contributed by atoms with Gasteiger partial charge in [-0.25, -0.2) is 0 Å². The molecule has 0 fully saturated rings. The van der Waals surface area contributed by atoms with Gasteiger partial charge in [0.1, 0.15) is 5.75 Å². The zero-order valence-corrected chi connectivity index (χ0v) is 10.5. The van der Waals surface area contributed by atoms with Crippen LogP contribution >= 0.6 is 11.6 Å². The van der Waals surface area contributed by atoms with E-state index in [0.29, 0.717) is 29.4 Å². The van der Waals surface area contributed by atoms with E-state index in [1.54, 1.807) is 30.2 Å². The Bertz CT molecular complexity index is 375. The van der Waals surface area contributed by atoms with Gasteiger partial charge < -0.3 is 9.64 Å². The molecule has 16 heavy (non-hydrogen) atoms. The fraction of sp³-hybridized carbons (Fsp3) is 0.417. The van der Waals surface area contributed by atoms with E-state index in [9.17, 15) is 4.79 Å². The first-order valence-electron chi connectivity index (χ1n) is 5.26. The molecule has 0 aromatic heterocycles. The number of halogens is 1. The van der Waals surface area contributed by atoms with E-state index in [0.717, 1.165) is 0 Å². The van der Waals surface area contributed by atoms with Crippen LogP contribution in [0, 0.1) is 0 Å². The molecule has 0 aliphatic rings. The standard InChI is InChI=1S/C12H16ClNO2/c1-4-14(5-2)12(15)10-8-9(16-3)6-7-11(10)13/h6-8H,4-5H2,1-3H3. The molecule has 0 spiro atoms. The number of hydrogen-bond acceptors (Lipinski definition) is 2. The van der Waals surface area contributed by atoms with Gasteiger partial charge in [-0.05, 0) is 32.0 Å². The summed E-state index contributed by atoms with van der Waals surface area (Å²) in [6, 6.07) is 5.08. The number of carbonyl (C=O) groups excluding carboxylic acids is 1. The lowest BCUT2D eigenvalue weighted by Gasteiger charge is -2.19. The summed E-state index contributed by atoms with van der Waals surface area (Å²) < 4.78 is 5.08. The molecule has 0 saturated heterocycles. The van der Waals surface area contributed by atoms with Crippen molar-refractivity contribution < 1.29 is 9.53 Å². The zero-order valence-electron chi connectivity index (χ0n) is 9.79. The summed E-state index contributed by atoms with van der Waals surface area (Å²) >= 11 is 6.00. The molecule has 3 nitrogen and oxygen atoms in total. The summed E-state index contributed by atoms with van der Waals surface area (Å²) in [5.41, 5.74) is 0.490. The summed E-state index contributed by atoms with van der Waals surface area (Å²) in [5.74, 6) is 0.578. The third kappa shape index (κ3) is 2.67. The molecule has 4 heteroatoms. The van der Waals surface area contributed by atoms with Crippen LogP contribution in [0.2, 0.25) is 5.02 Å². The maximum atomic E-state index is 12.1. The Hall–Kier alpha value is -1.22. The first-order chi connectivity index (χ1) is 7.63. The quantitative estimate of drug-likeness (QED) is 0.811. The third-order valence-corrected chi connectivity index (χ3v) is 2.78. The monoisotopic (exact) mass is 241 g/mol. The Labute approximate surface area is 101 Å². The van der Waals surface area contributed by atoms with Crippen LogP contribution in [0.4, 0.5) is 0 Å². The van der Waals surface area contributed by atoms with Gasteiger partial charge in [-0.3, -0.25) is 4.79 Å². The number of nitrogens with zero attached hydrogens (tertiary/aromatic N) is 1. The highest BCUT2D eigenvalue weighted by Crippen LogP contribution is 2.23. The van der Waals surface area contributed by atoms with Gasteiger partial charge >= 0.3 is 0 Å². The first-order valence-corrected chi connectivity index (χ1v) is 5.64. The lowest BCUT2D eigenvalue weighted by molar-refractivity contribution is 0.0773. The Balaban J connectivity index is 3.06. The second-order valence-electron chi connectivity index (χ2n) is 3.32. The van der Waals surface area contributed by atoms with Crippen LogP contribution in [0.1, 0.15) is 24.2 Å². The van der Waals surface area contributed by atoms with Crippen molar-refractivity contribution in [3.8, 4) is 5.75 Å². The minimum Gasteiger partial charge on any atom is -0.497 e. The molecule has 0 radical (unpaired) electrons. The molecule has 1 aromatic rings. The van der Waals surface area contributed by atoms with Crippen LogP contribution in [0.5, 0.6) is 5.75 Å². The lowest BCUT2D eigenvalue weighted by Crippen LogP contribution is -2.30. The summed E-state index contributed by atoms with van der Waals surface area (Å²) in [7, 11) is 1.56. The summed E-state index contributed by atoms with van der Waals surface area (Å²) in [5, 5.41) is 0.456. The van der Waals surface area contributed by atoms with Crippen molar-refractivity contribution in [1.29, 1.82) is 0 Å². The molecular weight excluding hydrogens is 226 g/mol. The number of ether oxygens (including phenoxy) is 1. The maximum Gasteiger partial charge on any atom is 0.255 e. The van der Waals surface area contributed by atoms with Gasteiger partial charge in [0.05, 0.1) is 17.7 Å². The number of benzene rings is 1. The second kappa shape index (κ2) is 5.75. The van der Waals surface area contributed by atoms with Crippen molar-refractivity contribution in [2.75, 3.05) is 20.2 Å². The molecule has 0 saturated carbocycles. The fourth-order valence-electron chi connectivity index (χ4n) is 1.48. The highest BCUT2D eigenvalue weighted by Gasteiger charge is 2.16. The maximum absolute atomic E-state index is 12.1. The Morgan fingerprint density at radius 3 is 2.50 bits per heavy atom. The molecule has 0 heterocycles. The number of hydrogen-bond donors (Lipinski definition) is 0. The molecule has 88 valence electrons. The van der Waals surface area contributed by atoms with Crippen molar-refractivity contribution in [1.82, 2.24) is 4.90 Å². The average Bonchev–Trinajstić information content (AvgIpc) is 2.31. The fourth-order valence-corrected chi connectivity index (χ4v) is 1.67. The minimum absolute atomic E-state index is 0.0612. The lowest BCUT2D eigenvalue weighted by atomic mass is 10.2. The predicted octanol–water partition coefficient (Wildman–Crippen LogP) is 2.83. The molecule has 0 unspecified atom stereocenters. The van der Waals surface area contributed by atoms with Crippen molar-refractivity contribution in [2.45, 2.75) is 13.8 Å². The molecule has 1 aromatic carbocycles. The van der Waals surface area contributed by atoms with Gasteiger partial charge in [-0.15, -0.1) is 0 Å². The van der Waals surface area contributed by atoms with E-state index in [4.69, 9.17) is 16.3 Å². The van der Waals surface area contributed by atoms with Crippen molar-refractivity contribution in [3.05, 3.63) is 28.8 Å². The normalized spacial score (nSPS) is 10.0. The smallest absolute Gasteiger partial charge is 0.255 e. The molecule has 0 aliphatic carbocycles. The van der Waals surface area contributed by atoms with Gasteiger partial charge in [-0.2, -0.15) is 0 Å². The van der Waals surface area contributed by atoms with Gasteiger partial charge in [0.2, 0.25) is 0 Å². The van der Waals surface area contributed by atoms with E-state index in [-0.39, 0.29) is 5.91 Å². The van der Waals surface area contributed by atoms with Crippen LogP contribution < -0.4 is 4.74 Å². The average molecular weight is 242 g/mol. The molecule has 0 N–H and O–H groups in total. The summed E-state index contributed by atoms with van der Waals surface area (Å²) in [6.45, 7) is 5.22. The predicted molar refractivity (Wildman–Crippen MR) is 65.3 cm³/mol. The molecule has 0 aliphatic heterocycles. The van der Waals surface area contributed by atoms with E-state index >= 15 is 0 Å². The second-order valence-corrected chi connectivity index (χ2v) is 3.73. The van der Waals surface area contributed by atoms with Gasteiger partial charge in [0.15, 0.2) is 0 Å². The van der Waals surface area contributed by atoms with Gasteiger partial charge in [0.25, 0.3) is 5.91 Å². The molecule has 0 bridgehead atoms.